The number of nitrogens with two attached hydrogens (primary N) is 1. The van der Waals surface area contributed by atoms with Gasteiger partial charge in [-0.15, -0.1) is 13.2 Å². The van der Waals surface area contributed by atoms with E-state index in [9.17, 15) is 34.8 Å². The topological polar surface area (TPSA) is 95.4 Å². The first-order valence-electron chi connectivity index (χ1n) is 7.83. The van der Waals surface area contributed by atoms with Crippen LogP contribution in [0.15, 0.2) is 45.8 Å². The Balaban J connectivity index is 2.19. The van der Waals surface area contributed by atoms with Gasteiger partial charge in [0.15, 0.2) is 12.4 Å². The lowest BCUT2D eigenvalue weighted by atomic mass is 9.98. The predicted molar refractivity (Wildman–Crippen MR) is 90.2 cm³/mol. The van der Waals surface area contributed by atoms with Crippen LogP contribution in [0.1, 0.15) is 5.76 Å². The van der Waals surface area contributed by atoms with Crippen molar-refractivity contribution >= 4 is 10.0 Å². The summed E-state index contributed by atoms with van der Waals surface area (Å²) in [7, 11) is -4.59. The van der Waals surface area contributed by atoms with Crippen molar-refractivity contribution in [2.24, 2.45) is 5.14 Å². The van der Waals surface area contributed by atoms with Crippen molar-refractivity contribution in [3.63, 3.8) is 0 Å². The number of ether oxygens (including phenoxy) is 1. The van der Waals surface area contributed by atoms with Gasteiger partial charge in [0.05, 0.1) is 5.56 Å². The second kappa shape index (κ2) is 7.65. The zero-order chi connectivity index (χ0) is 22.3. The third-order valence-electron chi connectivity index (χ3n) is 3.82. The Bertz CT molecular complexity index is 1210. The lowest BCUT2D eigenvalue weighted by Crippen LogP contribution is -2.17. The number of aromatic nitrogens is 1. The highest BCUT2D eigenvalue weighted by Crippen LogP contribution is 2.39. The zero-order valence-corrected chi connectivity index (χ0v) is 15.3. The number of nitrogens with zero attached hydrogens (tertiary/aromatic N) is 1. The number of sulfonamides is 1. The number of rotatable bonds is 5. The van der Waals surface area contributed by atoms with E-state index in [1.54, 1.807) is 0 Å². The Morgan fingerprint density at radius 3 is 2.40 bits per heavy atom. The van der Waals surface area contributed by atoms with E-state index in [1.165, 1.54) is 6.07 Å². The van der Waals surface area contributed by atoms with Gasteiger partial charge in [-0.05, 0) is 24.3 Å². The molecule has 0 aliphatic heterocycles. The van der Waals surface area contributed by atoms with Gasteiger partial charge in [-0.2, -0.15) is 0 Å². The molecule has 0 spiro atoms. The quantitative estimate of drug-likeness (QED) is 0.583. The van der Waals surface area contributed by atoms with Crippen molar-refractivity contribution in [3.8, 4) is 28.1 Å². The monoisotopic (exact) mass is 452 g/mol. The molecular formula is C17H10F6N2O4S. The molecule has 0 fully saturated rings. The Morgan fingerprint density at radius 2 is 1.80 bits per heavy atom. The van der Waals surface area contributed by atoms with E-state index < -0.39 is 62.2 Å². The van der Waals surface area contributed by atoms with Gasteiger partial charge in [0, 0.05) is 11.1 Å². The largest absolute Gasteiger partial charge is 0.573 e. The molecule has 0 amide bonds. The SMILES string of the molecule is NS(=O)(=O)c1cc(F)c(-c2c(-c3cccc(OC(F)(F)F)c3)noc2CF)cc1F. The van der Waals surface area contributed by atoms with E-state index >= 15 is 0 Å². The van der Waals surface area contributed by atoms with Gasteiger partial charge < -0.3 is 9.26 Å². The second-order valence-corrected chi connectivity index (χ2v) is 7.38. The van der Waals surface area contributed by atoms with E-state index in [-0.39, 0.29) is 11.3 Å². The highest BCUT2D eigenvalue weighted by atomic mass is 32.2. The maximum atomic E-state index is 14.6. The smallest absolute Gasteiger partial charge is 0.406 e. The summed E-state index contributed by atoms with van der Waals surface area (Å²) in [5, 5.41) is 8.34. The zero-order valence-electron chi connectivity index (χ0n) is 14.5. The molecular weight excluding hydrogens is 442 g/mol. The van der Waals surface area contributed by atoms with Crippen molar-refractivity contribution in [1.82, 2.24) is 5.16 Å². The van der Waals surface area contributed by atoms with Crippen LogP contribution in [0.2, 0.25) is 0 Å². The molecule has 1 aromatic heterocycles. The summed E-state index contributed by atoms with van der Waals surface area (Å²) < 4.78 is 111. The molecule has 0 aliphatic rings. The van der Waals surface area contributed by atoms with Crippen molar-refractivity contribution in [2.45, 2.75) is 17.9 Å². The van der Waals surface area contributed by atoms with Crippen molar-refractivity contribution in [2.75, 3.05) is 0 Å². The van der Waals surface area contributed by atoms with Crippen LogP contribution in [-0.2, 0) is 16.7 Å². The summed E-state index contributed by atoms with van der Waals surface area (Å²) >= 11 is 0. The first kappa shape index (κ1) is 21.6. The summed E-state index contributed by atoms with van der Waals surface area (Å²) in [6, 6.07) is 5.00. The molecule has 3 rings (SSSR count). The fraction of sp³-hybridized carbons (Fsp3) is 0.118. The minimum Gasteiger partial charge on any atom is -0.406 e. The van der Waals surface area contributed by atoms with E-state index in [2.05, 4.69) is 9.89 Å². The van der Waals surface area contributed by atoms with E-state index in [0.717, 1.165) is 18.2 Å². The molecule has 160 valence electrons. The molecule has 0 radical (unpaired) electrons. The first-order chi connectivity index (χ1) is 13.9. The number of primary sulfonamides is 1. The Hall–Kier alpha value is -3.06. The standard InChI is InChI=1S/C17H10F6N2O4S/c18-7-13-15(10-5-12(20)14(6-11(10)19)30(24,26)27)16(25-29-13)8-2-1-3-9(4-8)28-17(21,22)23/h1-6H,7H2,(H2,24,26,27). The summed E-state index contributed by atoms with van der Waals surface area (Å²) in [6.45, 7) is -1.32. The average molecular weight is 452 g/mol. The van der Waals surface area contributed by atoms with E-state index in [1.807, 2.05) is 0 Å². The van der Waals surface area contributed by atoms with Gasteiger partial charge >= 0.3 is 6.36 Å². The molecule has 2 N–H and O–H groups in total. The van der Waals surface area contributed by atoms with Crippen LogP contribution < -0.4 is 9.88 Å². The number of benzene rings is 2. The molecule has 3 aromatic rings. The van der Waals surface area contributed by atoms with Gasteiger partial charge in [-0.1, -0.05) is 17.3 Å². The van der Waals surface area contributed by atoms with Crippen molar-refractivity contribution in [3.05, 3.63) is 53.8 Å². The molecule has 0 saturated heterocycles. The number of alkyl halides is 4. The lowest BCUT2D eigenvalue weighted by molar-refractivity contribution is -0.274. The second-order valence-electron chi connectivity index (χ2n) is 5.85. The molecule has 6 nitrogen and oxygen atoms in total. The van der Waals surface area contributed by atoms with Gasteiger partial charge in [0.25, 0.3) is 0 Å². The van der Waals surface area contributed by atoms with Crippen LogP contribution in [0.4, 0.5) is 26.3 Å². The minimum atomic E-state index is -4.99. The summed E-state index contributed by atoms with van der Waals surface area (Å²) in [6.07, 6.45) is -4.99. The molecule has 0 aliphatic carbocycles. The number of hydrogen-bond acceptors (Lipinski definition) is 5. The fourth-order valence-electron chi connectivity index (χ4n) is 2.67. The molecule has 2 aromatic carbocycles. The summed E-state index contributed by atoms with van der Waals surface area (Å²) in [4.78, 5) is -1.14. The van der Waals surface area contributed by atoms with Crippen molar-refractivity contribution in [1.29, 1.82) is 0 Å². The third kappa shape index (κ3) is 4.41. The predicted octanol–water partition coefficient (Wildman–Crippen LogP) is 4.30. The number of hydrogen-bond donors (Lipinski definition) is 1. The molecule has 13 heteroatoms. The van der Waals surface area contributed by atoms with Gasteiger partial charge in [-0.3, -0.25) is 0 Å². The molecule has 0 atom stereocenters. The average Bonchev–Trinajstić information content (AvgIpc) is 3.05. The minimum absolute atomic E-state index is 0.0921. The molecule has 0 unspecified atom stereocenters. The fourth-order valence-corrected chi connectivity index (χ4v) is 3.27. The highest BCUT2D eigenvalue weighted by Gasteiger charge is 2.31. The molecule has 0 bridgehead atoms. The van der Waals surface area contributed by atoms with Crippen LogP contribution in [0, 0.1) is 11.6 Å². The van der Waals surface area contributed by atoms with Gasteiger partial charge in [-0.25, -0.2) is 26.7 Å². The lowest BCUT2D eigenvalue weighted by Gasteiger charge is -2.11. The van der Waals surface area contributed by atoms with Crippen LogP contribution in [0.25, 0.3) is 22.4 Å². The number of halogens is 6. The van der Waals surface area contributed by atoms with Crippen LogP contribution >= 0.6 is 0 Å². The Kier molecular flexibility index (Phi) is 5.52. The molecule has 30 heavy (non-hydrogen) atoms. The van der Waals surface area contributed by atoms with Gasteiger partial charge in [0.2, 0.25) is 10.0 Å². The third-order valence-corrected chi connectivity index (χ3v) is 4.75. The summed E-state index contributed by atoms with van der Waals surface area (Å²) in [5.41, 5.74) is -1.47. The van der Waals surface area contributed by atoms with Crippen LogP contribution in [0.5, 0.6) is 5.75 Å². The Labute approximate surface area is 164 Å². The van der Waals surface area contributed by atoms with Gasteiger partial charge in [0.1, 0.15) is 28.0 Å². The van der Waals surface area contributed by atoms with E-state index in [4.69, 9.17) is 9.66 Å². The molecule has 0 saturated carbocycles. The first-order valence-corrected chi connectivity index (χ1v) is 9.38. The normalized spacial score (nSPS) is 12.2. The highest BCUT2D eigenvalue weighted by molar-refractivity contribution is 7.89. The van der Waals surface area contributed by atoms with Crippen LogP contribution in [-0.4, -0.2) is 19.9 Å². The molecule has 1 heterocycles. The Morgan fingerprint density at radius 1 is 1.10 bits per heavy atom. The maximum absolute atomic E-state index is 14.6. The van der Waals surface area contributed by atoms with E-state index in [0.29, 0.717) is 12.1 Å². The van der Waals surface area contributed by atoms with Crippen molar-refractivity contribution < 1.29 is 44.0 Å². The summed E-state index contributed by atoms with van der Waals surface area (Å²) in [5.74, 6) is -3.94. The maximum Gasteiger partial charge on any atom is 0.573 e. The van der Waals surface area contributed by atoms with Crippen LogP contribution in [0.3, 0.4) is 0 Å².